The fourth-order valence-electron chi connectivity index (χ4n) is 2.40. The number of nitrogens with zero attached hydrogens (tertiary/aromatic N) is 1. The predicted octanol–water partition coefficient (Wildman–Crippen LogP) is 2.64. The lowest BCUT2D eigenvalue weighted by atomic mass is 10.0. The molecule has 1 aromatic carbocycles. The Hall–Kier alpha value is -1.49. The predicted molar refractivity (Wildman–Crippen MR) is 90.1 cm³/mol. The molecule has 1 aromatic rings. The maximum atomic E-state index is 11.8. The summed E-state index contributed by atoms with van der Waals surface area (Å²) in [4.78, 5) is 26.5. The molecule has 0 atom stereocenters. The van der Waals surface area contributed by atoms with Gasteiger partial charge in [-0.3, -0.25) is 9.59 Å². The first-order valence-corrected chi connectivity index (χ1v) is 8.82. The Balaban J connectivity index is 1.69. The fraction of sp³-hybridized carbons (Fsp3) is 0.529. The molecule has 1 heterocycles. The summed E-state index contributed by atoms with van der Waals surface area (Å²) in [7, 11) is 0. The smallest absolute Gasteiger partial charge is 0.241 e. The summed E-state index contributed by atoms with van der Waals surface area (Å²) in [5, 5.41) is 2.71. The van der Waals surface area contributed by atoms with Crippen molar-refractivity contribution in [3.8, 4) is 0 Å². The summed E-state index contributed by atoms with van der Waals surface area (Å²) in [6, 6.07) is 8.29. The van der Waals surface area contributed by atoms with Gasteiger partial charge in [-0.1, -0.05) is 26.0 Å². The van der Waals surface area contributed by atoms with E-state index in [2.05, 4.69) is 31.3 Å². The average Bonchev–Trinajstić information content (AvgIpc) is 3.05. The molecule has 120 valence electrons. The quantitative estimate of drug-likeness (QED) is 0.820. The van der Waals surface area contributed by atoms with Crippen molar-refractivity contribution in [1.29, 1.82) is 0 Å². The largest absolute Gasteiger partial charge is 0.346 e. The first-order valence-electron chi connectivity index (χ1n) is 7.83. The fourth-order valence-corrected chi connectivity index (χ4v) is 3.13. The second-order valence-electron chi connectivity index (χ2n) is 5.88. The van der Waals surface area contributed by atoms with Crippen molar-refractivity contribution in [1.82, 2.24) is 10.2 Å². The summed E-state index contributed by atoms with van der Waals surface area (Å²) in [5.74, 6) is 0.787. The Morgan fingerprint density at radius 1 is 1.18 bits per heavy atom. The SMILES string of the molecule is CC(C)c1ccc(SCC(=O)NCC(=O)N2CCCC2)cc1. The standard InChI is InChI=1S/C17H24N2O2S/c1-13(2)14-5-7-15(8-6-14)22-12-16(20)18-11-17(21)19-9-3-4-10-19/h5-8,13H,3-4,9-12H2,1-2H3,(H,18,20). The second-order valence-corrected chi connectivity index (χ2v) is 6.93. The van der Waals surface area contributed by atoms with E-state index in [-0.39, 0.29) is 18.4 Å². The second kappa shape index (κ2) is 8.22. The summed E-state index contributed by atoms with van der Waals surface area (Å²) >= 11 is 1.50. The van der Waals surface area contributed by atoms with Crippen molar-refractivity contribution in [2.75, 3.05) is 25.4 Å². The van der Waals surface area contributed by atoms with E-state index in [9.17, 15) is 9.59 Å². The van der Waals surface area contributed by atoms with Crippen molar-refractivity contribution >= 4 is 23.6 Å². The summed E-state index contributed by atoms with van der Waals surface area (Å²) in [5.41, 5.74) is 1.30. The normalized spacial score (nSPS) is 14.4. The summed E-state index contributed by atoms with van der Waals surface area (Å²) in [6.07, 6.45) is 2.14. The molecule has 0 unspecified atom stereocenters. The lowest BCUT2D eigenvalue weighted by Gasteiger charge is -2.15. The van der Waals surface area contributed by atoms with Crippen LogP contribution >= 0.6 is 11.8 Å². The van der Waals surface area contributed by atoms with Crippen LogP contribution in [0.4, 0.5) is 0 Å². The number of rotatable bonds is 6. The monoisotopic (exact) mass is 320 g/mol. The molecule has 0 aromatic heterocycles. The minimum atomic E-state index is -0.0921. The number of amides is 2. The Morgan fingerprint density at radius 2 is 1.82 bits per heavy atom. The van der Waals surface area contributed by atoms with Gasteiger partial charge in [0.1, 0.15) is 0 Å². The van der Waals surface area contributed by atoms with Gasteiger partial charge < -0.3 is 10.2 Å². The number of likely N-dealkylation sites (tertiary alicyclic amines) is 1. The maximum Gasteiger partial charge on any atom is 0.241 e. The van der Waals surface area contributed by atoms with E-state index in [1.807, 2.05) is 17.0 Å². The number of benzene rings is 1. The van der Waals surface area contributed by atoms with Crippen molar-refractivity contribution in [2.24, 2.45) is 0 Å². The third-order valence-corrected chi connectivity index (χ3v) is 4.82. The van der Waals surface area contributed by atoms with Crippen molar-refractivity contribution in [3.63, 3.8) is 0 Å². The molecule has 5 heteroatoms. The van der Waals surface area contributed by atoms with Gasteiger partial charge in [-0.25, -0.2) is 0 Å². The number of carbonyl (C=O) groups excluding carboxylic acids is 2. The Labute approximate surface area is 136 Å². The Morgan fingerprint density at radius 3 is 2.41 bits per heavy atom. The van der Waals surface area contributed by atoms with Gasteiger partial charge in [-0.15, -0.1) is 11.8 Å². The molecule has 1 saturated heterocycles. The zero-order valence-electron chi connectivity index (χ0n) is 13.3. The van der Waals surface area contributed by atoms with E-state index in [0.717, 1.165) is 30.8 Å². The van der Waals surface area contributed by atoms with E-state index in [4.69, 9.17) is 0 Å². The van der Waals surface area contributed by atoms with Gasteiger partial charge in [0, 0.05) is 18.0 Å². The molecule has 2 rings (SSSR count). The Kier molecular flexibility index (Phi) is 6.31. The molecular weight excluding hydrogens is 296 g/mol. The van der Waals surface area contributed by atoms with Gasteiger partial charge in [0.15, 0.2) is 0 Å². The van der Waals surface area contributed by atoms with E-state index >= 15 is 0 Å². The molecule has 4 nitrogen and oxygen atoms in total. The molecule has 0 saturated carbocycles. The average molecular weight is 320 g/mol. The molecule has 1 N–H and O–H groups in total. The first-order chi connectivity index (χ1) is 10.6. The van der Waals surface area contributed by atoms with E-state index < -0.39 is 0 Å². The summed E-state index contributed by atoms with van der Waals surface area (Å²) < 4.78 is 0. The molecule has 2 amide bonds. The zero-order valence-corrected chi connectivity index (χ0v) is 14.1. The first kappa shape index (κ1) is 16.9. The molecule has 0 spiro atoms. The van der Waals surface area contributed by atoms with Gasteiger partial charge in [-0.2, -0.15) is 0 Å². The number of thioether (sulfide) groups is 1. The van der Waals surface area contributed by atoms with Crippen LogP contribution in [0.2, 0.25) is 0 Å². The van der Waals surface area contributed by atoms with Crippen LogP contribution in [-0.2, 0) is 9.59 Å². The topological polar surface area (TPSA) is 49.4 Å². The van der Waals surface area contributed by atoms with Crippen LogP contribution in [-0.4, -0.2) is 42.1 Å². The molecule has 0 bridgehead atoms. The number of carbonyl (C=O) groups is 2. The van der Waals surface area contributed by atoms with Crippen molar-refractivity contribution in [3.05, 3.63) is 29.8 Å². The summed E-state index contributed by atoms with van der Waals surface area (Å²) in [6.45, 7) is 6.09. The van der Waals surface area contributed by atoms with Gasteiger partial charge in [0.2, 0.25) is 11.8 Å². The molecule has 1 fully saturated rings. The number of nitrogens with one attached hydrogen (secondary N) is 1. The van der Waals surface area contributed by atoms with Crippen LogP contribution < -0.4 is 5.32 Å². The van der Waals surface area contributed by atoms with E-state index in [1.54, 1.807) is 0 Å². The minimum Gasteiger partial charge on any atom is -0.346 e. The lowest BCUT2D eigenvalue weighted by Crippen LogP contribution is -2.39. The van der Waals surface area contributed by atoms with Crippen LogP contribution in [0, 0.1) is 0 Å². The van der Waals surface area contributed by atoms with Crippen LogP contribution in [0.5, 0.6) is 0 Å². The molecule has 0 radical (unpaired) electrons. The highest BCUT2D eigenvalue weighted by Crippen LogP contribution is 2.21. The van der Waals surface area contributed by atoms with Gasteiger partial charge in [-0.05, 0) is 36.5 Å². The highest BCUT2D eigenvalue weighted by molar-refractivity contribution is 8.00. The number of hydrogen-bond acceptors (Lipinski definition) is 3. The molecule has 0 aliphatic carbocycles. The molecule has 1 aliphatic heterocycles. The van der Waals surface area contributed by atoms with Gasteiger partial charge in [0.05, 0.1) is 12.3 Å². The van der Waals surface area contributed by atoms with Crippen LogP contribution in [0.1, 0.15) is 38.2 Å². The molecule has 1 aliphatic rings. The van der Waals surface area contributed by atoms with E-state index in [0.29, 0.717) is 11.7 Å². The Bertz CT molecular complexity index is 508. The third kappa shape index (κ3) is 5.05. The van der Waals surface area contributed by atoms with Gasteiger partial charge >= 0.3 is 0 Å². The number of hydrogen-bond donors (Lipinski definition) is 1. The molecule has 22 heavy (non-hydrogen) atoms. The minimum absolute atomic E-state index is 0.0251. The van der Waals surface area contributed by atoms with Crippen molar-refractivity contribution in [2.45, 2.75) is 37.5 Å². The van der Waals surface area contributed by atoms with Crippen LogP contribution in [0.15, 0.2) is 29.2 Å². The van der Waals surface area contributed by atoms with Crippen molar-refractivity contribution < 1.29 is 9.59 Å². The van der Waals surface area contributed by atoms with Crippen LogP contribution in [0.3, 0.4) is 0 Å². The van der Waals surface area contributed by atoms with Gasteiger partial charge in [0.25, 0.3) is 0 Å². The lowest BCUT2D eigenvalue weighted by molar-refractivity contribution is -0.131. The third-order valence-electron chi connectivity index (χ3n) is 3.81. The molecular formula is C17H24N2O2S. The highest BCUT2D eigenvalue weighted by Gasteiger charge is 2.18. The maximum absolute atomic E-state index is 11.8. The zero-order chi connectivity index (χ0) is 15.9. The van der Waals surface area contributed by atoms with E-state index in [1.165, 1.54) is 17.3 Å². The van der Waals surface area contributed by atoms with Crippen LogP contribution in [0.25, 0.3) is 0 Å². The highest BCUT2D eigenvalue weighted by atomic mass is 32.2.